The van der Waals surface area contributed by atoms with Crippen molar-refractivity contribution in [2.75, 3.05) is 55.3 Å². The number of benzene rings is 1. The van der Waals surface area contributed by atoms with Crippen molar-refractivity contribution in [3.8, 4) is 6.07 Å². The summed E-state index contributed by atoms with van der Waals surface area (Å²) in [5, 5.41) is 16.0. The first-order valence-electron chi connectivity index (χ1n) is 12.6. The van der Waals surface area contributed by atoms with Crippen LogP contribution in [0.25, 0.3) is 0 Å². The lowest BCUT2D eigenvalue weighted by Crippen LogP contribution is -2.28. The van der Waals surface area contributed by atoms with E-state index in [0.29, 0.717) is 23.0 Å². The molecule has 5 rings (SSSR count). The van der Waals surface area contributed by atoms with Crippen molar-refractivity contribution < 1.29 is 13.2 Å². The normalized spacial score (nSPS) is 18.7. The molecular formula is C27H29F3N8. The monoisotopic (exact) mass is 522 g/mol. The van der Waals surface area contributed by atoms with Gasteiger partial charge in [0, 0.05) is 49.5 Å². The molecule has 0 aliphatic carbocycles. The highest BCUT2D eigenvalue weighted by Crippen LogP contribution is 2.39. The first-order chi connectivity index (χ1) is 18.2. The minimum absolute atomic E-state index is 0.132. The van der Waals surface area contributed by atoms with Crippen LogP contribution in [0.5, 0.6) is 0 Å². The van der Waals surface area contributed by atoms with Gasteiger partial charge in [-0.05, 0) is 50.7 Å². The van der Waals surface area contributed by atoms with Crippen molar-refractivity contribution >= 4 is 17.5 Å². The fourth-order valence-electron chi connectivity index (χ4n) is 4.97. The number of hydrogen-bond acceptors (Lipinski definition) is 8. The van der Waals surface area contributed by atoms with Crippen LogP contribution in [0.15, 0.2) is 42.7 Å². The number of nitrogens with one attached hydrogen (secondary N) is 2. The summed E-state index contributed by atoms with van der Waals surface area (Å²) in [6, 6.07) is 11.4. The molecule has 0 amide bonds. The molecule has 0 bridgehead atoms. The van der Waals surface area contributed by atoms with Crippen molar-refractivity contribution in [2.45, 2.75) is 31.5 Å². The molecule has 11 heteroatoms. The number of likely N-dealkylation sites (N-methyl/N-ethyl adjacent to an activating group) is 1. The summed E-state index contributed by atoms with van der Waals surface area (Å²) in [6.07, 6.45) is -1.16. The Hall–Kier alpha value is -3.91. The van der Waals surface area contributed by atoms with E-state index in [1.165, 1.54) is 11.9 Å². The summed E-state index contributed by atoms with van der Waals surface area (Å²) >= 11 is 0. The fraction of sp³-hybridized carbons (Fsp3) is 0.407. The zero-order valence-corrected chi connectivity index (χ0v) is 21.3. The van der Waals surface area contributed by atoms with Crippen molar-refractivity contribution in [2.24, 2.45) is 0 Å². The third-order valence-corrected chi connectivity index (χ3v) is 7.19. The van der Waals surface area contributed by atoms with Crippen LogP contribution < -0.4 is 15.5 Å². The molecule has 38 heavy (non-hydrogen) atoms. The van der Waals surface area contributed by atoms with Gasteiger partial charge in [0.1, 0.15) is 11.9 Å². The Morgan fingerprint density at radius 2 is 1.89 bits per heavy atom. The summed E-state index contributed by atoms with van der Waals surface area (Å²) in [6.45, 7) is 6.43. The Kier molecular flexibility index (Phi) is 7.08. The van der Waals surface area contributed by atoms with Crippen LogP contribution in [-0.4, -0.2) is 59.6 Å². The van der Waals surface area contributed by atoms with Gasteiger partial charge in [0.25, 0.3) is 0 Å². The third kappa shape index (κ3) is 5.36. The van der Waals surface area contributed by atoms with Crippen molar-refractivity contribution in [1.82, 2.24) is 19.9 Å². The Labute approximate surface area is 219 Å². The number of aromatic nitrogens is 3. The highest BCUT2D eigenvalue weighted by atomic mass is 19.4. The van der Waals surface area contributed by atoms with Crippen LogP contribution >= 0.6 is 0 Å². The van der Waals surface area contributed by atoms with Gasteiger partial charge in [-0.1, -0.05) is 12.1 Å². The Balaban J connectivity index is 1.35. The van der Waals surface area contributed by atoms with E-state index in [-0.39, 0.29) is 18.2 Å². The highest BCUT2D eigenvalue weighted by molar-refractivity contribution is 5.58. The zero-order chi connectivity index (χ0) is 26.9. The molecule has 1 aromatic carbocycles. The molecule has 198 valence electrons. The van der Waals surface area contributed by atoms with E-state index in [1.807, 2.05) is 6.92 Å². The van der Waals surface area contributed by atoms with E-state index in [2.05, 4.69) is 72.8 Å². The minimum atomic E-state index is -4.51. The number of fused-ring (bicyclic) bond motifs is 1. The average Bonchev–Trinajstić information content (AvgIpc) is 3.21. The summed E-state index contributed by atoms with van der Waals surface area (Å²) in [5.74, 6) is 0.115. The standard InChI is InChI=1S/C27H29F3N8/c1-17(18-4-6-21(7-5-18)38-9-3-8-37(2)10-11-38)35-26-34-14-19(13-31)24(36-26)23-16-33-25-22(23)12-20(15-32-25)27(28,29)30/h4-7,12,14-15,17,23H,3,8-11,16H2,1-2H3,(H,32,33)(H,34,35,36). The second-order valence-electron chi connectivity index (χ2n) is 9.80. The number of halogens is 3. The number of anilines is 3. The molecule has 2 aromatic heterocycles. The maximum absolute atomic E-state index is 13.3. The van der Waals surface area contributed by atoms with E-state index in [4.69, 9.17) is 0 Å². The van der Waals surface area contributed by atoms with Crippen molar-refractivity contribution in [3.63, 3.8) is 0 Å². The molecule has 0 radical (unpaired) electrons. The van der Waals surface area contributed by atoms with Crippen LogP contribution in [0.3, 0.4) is 0 Å². The largest absolute Gasteiger partial charge is 0.417 e. The van der Waals surface area contributed by atoms with E-state index < -0.39 is 17.7 Å². The predicted octanol–water partition coefficient (Wildman–Crippen LogP) is 4.63. The quantitative estimate of drug-likeness (QED) is 0.501. The molecule has 2 aliphatic heterocycles. The molecule has 0 saturated carbocycles. The lowest BCUT2D eigenvalue weighted by Gasteiger charge is -2.23. The molecule has 2 unspecified atom stereocenters. The first-order valence-corrected chi connectivity index (χ1v) is 12.6. The second kappa shape index (κ2) is 10.5. The van der Waals surface area contributed by atoms with Crippen molar-refractivity contribution in [3.05, 3.63) is 70.7 Å². The van der Waals surface area contributed by atoms with Gasteiger partial charge in [-0.2, -0.15) is 18.4 Å². The van der Waals surface area contributed by atoms with E-state index in [1.54, 1.807) is 0 Å². The average molecular weight is 523 g/mol. The molecule has 4 heterocycles. The minimum Gasteiger partial charge on any atom is -0.370 e. The number of pyridine rings is 1. The SMILES string of the molecule is CC(Nc1ncc(C#N)c(C2CNc3ncc(C(F)(F)F)cc32)n1)c1ccc(N2CCCN(C)CC2)cc1. The summed E-state index contributed by atoms with van der Waals surface area (Å²) in [7, 11) is 2.15. The Bertz CT molecular complexity index is 1340. The number of rotatable bonds is 5. The zero-order valence-electron chi connectivity index (χ0n) is 21.3. The van der Waals surface area contributed by atoms with E-state index >= 15 is 0 Å². The first kappa shape index (κ1) is 25.7. The summed E-state index contributed by atoms with van der Waals surface area (Å²) < 4.78 is 39.9. The lowest BCUT2D eigenvalue weighted by molar-refractivity contribution is -0.137. The molecule has 3 aromatic rings. The number of hydrogen-bond donors (Lipinski definition) is 2. The van der Waals surface area contributed by atoms with Gasteiger partial charge in [-0.3, -0.25) is 0 Å². The number of alkyl halides is 3. The van der Waals surface area contributed by atoms with Crippen LogP contribution in [0.2, 0.25) is 0 Å². The third-order valence-electron chi connectivity index (χ3n) is 7.19. The maximum atomic E-state index is 13.3. The van der Waals surface area contributed by atoms with Crippen LogP contribution in [-0.2, 0) is 6.18 Å². The molecular weight excluding hydrogens is 493 g/mol. The molecule has 2 N–H and O–H groups in total. The molecule has 8 nitrogen and oxygen atoms in total. The van der Waals surface area contributed by atoms with E-state index in [0.717, 1.165) is 50.4 Å². The summed E-state index contributed by atoms with van der Waals surface area (Å²) in [4.78, 5) is 17.6. The fourth-order valence-corrected chi connectivity index (χ4v) is 4.97. The summed E-state index contributed by atoms with van der Waals surface area (Å²) in [5.41, 5.74) is 2.35. The lowest BCUT2D eigenvalue weighted by atomic mass is 9.95. The van der Waals surface area contributed by atoms with Gasteiger partial charge in [0.2, 0.25) is 5.95 Å². The molecule has 2 atom stereocenters. The predicted molar refractivity (Wildman–Crippen MR) is 139 cm³/mol. The topological polar surface area (TPSA) is 93.0 Å². The van der Waals surface area contributed by atoms with Crippen LogP contribution in [0.4, 0.5) is 30.6 Å². The van der Waals surface area contributed by atoms with Crippen LogP contribution in [0, 0.1) is 11.3 Å². The van der Waals surface area contributed by atoms with Gasteiger partial charge in [0.05, 0.1) is 29.1 Å². The Morgan fingerprint density at radius 1 is 1.11 bits per heavy atom. The van der Waals surface area contributed by atoms with E-state index in [9.17, 15) is 18.4 Å². The second-order valence-corrected chi connectivity index (χ2v) is 9.80. The van der Waals surface area contributed by atoms with Gasteiger partial charge in [0.15, 0.2) is 0 Å². The molecule has 1 fully saturated rings. The van der Waals surface area contributed by atoms with Crippen molar-refractivity contribution in [1.29, 1.82) is 5.26 Å². The maximum Gasteiger partial charge on any atom is 0.417 e. The molecule has 1 saturated heterocycles. The van der Waals surface area contributed by atoms with Gasteiger partial charge in [-0.15, -0.1) is 0 Å². The molecule has 0 spiro atoms. The molecule has 2 aliphatic rings. The van der Waals surface area contributed by atoms with Gasteiger partial charge >= 0.3 is 6.18 Å². The number of nitrogens with zero attached hydrogens (tertiary/aromatic N) is 6. The van der Waals surface area contributed by atoms with Crippen LogP contribution in [0.1, 0.15) is 53.3 Å². The highest BCUT2D eigenvalue weighted by Gasteiger charge is 2.35. The number of nitriles is 1. The van der Waals surface area contributed by atoms with Gasteiger partial charge in [-0.25, -0.2) is 15.0 Å². The smallest absolute Gasteiger partial charge is 0.370 e. The van der Waals surface area contributed by atoms with Gasteiger partial charge < -0.3 is 20.4 Å². The Morgan fingerprint density at radius 3 is 2.63 bits per heavy atom.